The van der Waals surface area contributed by atoms with Crippen molar-refractivity contribution < 1.29 is 8.42 Å². The lowest BCUT2D eigenvalue weighted by molar-refractivity contribution is 0.560. The zero-order chi connectivity index (χ0) is 12.9. The predicted molar refractivity (Wildman–Crippen MR) is 70.4 cm³/mol. The Morgan fingerprint density at radius 3 is 2.41 bits per heavy atom. The number of benzene rings is 1. The number of rotatable bonds is 6. The molecule has 1 aromatic rings. The van der Waals surface area contributed by atoms with Crippen LogP contribution >= 0.6 is 0 Å². The van der Waals surface area contributed by atoms with Crippen molar-refractivity contribution in [3.05, 3.63) is 42.5 Å². The van der Waals surface area contributed by atoms with Gasteiger partial charge in [-0.1, -0.05) is 37.1 Å². The highest BCUT2D eigenvalue weighted by Crippen LogP contribution is 2.11. The van der Waals surface area contributed by atoms with Crippen LogP contribution in [0.1, 0.15) is 25.3 Å². The summed E-state index contributed by atoms with van der Waals surface area (Å²) < 4.78 is 26.7. The Morgan fingerprint density at radius 1 is 1.35 bits per heavy atom. The third-order valence-electron chi connectivity index (χ3n) is 2.52. The van der Waals surface area contributed by atoms with Crippen molar-refractivity contribution in [2.75, 3.05) is 0 Å². The first-order chi connectivity index (χ1) is 7.99. The summed E-state index contributed by atoms with van der Waals surface area (Å²) in [5.41, 5.74) is 1.04. The Bertz CT molecular complexity index is 463. The molecule has 94 valence electrons. The van der Waals surface area contributed by atoms with E-state index in [-0.39, 0.29) is 6.04 Å². The van der Waals surface area contributed by atoms with Crippen LogP contribution in [0.3, 0.4) is 0 Å². The third kappa shape index (κ3) is 3.98. The maximum atomic E-state index is 12.0. The Balaban J connectivity index is 2.88. The summed E-state index contributed by atoms with van der Waals surface area (Å²) in [5, 5.41) is 0. The lowest BCUT2D eigenvalue weighted by Crippen LogP contribution is -2.33. The number of aryl methyl sites for hydroxylation is 1. The van der Waals surface area contributed by atoms with Gasteiger partial charge in [-0.05, 0) is 25.5 Å². The molecule has 0 saturated heterocycles. The van der Waals surface area contributed by atoms with Gasteiger partial charge < -0.3 is 0 Å². The minimum atomic E-state index is -3.43. The number of hydrogen-bond donors (Lipinski definition) is 1. The van der Waals surface area contributed by atoms with Gasteiger partial charge in [0.1, 0.15) is 0 Å². The number of hydrogen-bond acceptors (Lipinski definition) is 2. The summed E-state index contributed by atoms with van der Waals surface area (Å²) in [6, 6.07) is 6.61. The van der Waals surface area contributed by atoms with Crippen LogP contribution < -0.4 is 4.72 Å². The van der Waals surface area contributed by atoms with Crippen LogP contribution in [0, 0.1) is 6.92 Å². The van der Waals surface area contributed by atoms with Gasteiger partial charge >= 0.3 is 0 Å². The van der Waals surface area contributed by atoms with Gasteiger partial charge in [-0.15, -0.1) is 6.58 Å². The van der Waals surface area contributed by atoms with E-state index in [1.807, 2.05) is 13.8 Å². The summed E-state index contributed by atoms with van der Waals surface area (Å²) in [7, 11) is -3.43. The maximum absolute atomic E-state index is 12.0. The molecule has 0 amide bonds. The SMILES string of the molecule is C=C[C@@H](CCC)NS(=O)(=O)c1ccc(C)cc1. The van der Waals surface area contributed by atoms with Gasteiger partial charge in [0.15, 0.2) is 0 Å². The highest BCUT2D eigenvalue weighted by Gasteiger charge is 2.17. The van der Waals surface area contributed by atoms with Crippen molar-refractivity contribution in [1.29, 1.82) is 0 Å². The molecule has 0 fully saturated rings. The Kier molecular flexibility index (Phi) is 4.90. The van der Waals surface area contributed by atoms with Gasteiger partial charge in [-0.3, -0.25) is 0 Å². The summed E-state index contributed by atoms with van der Waals surface area (Å²) in [5.74, 6) is 0. The van der Waals surface area contributed by atoms with E-state index in [9.17, 15) is 8.42 Å². The fourth-order valence-corrected chi connectivity index (χ4v) is 2.76. The minimum absolute atomic E-state index is 0.202. The summed E-state index contributed by atoms with van der Waals surface area (Å²) in [6.45, 7) is 7.58. The second-order valence-corrected chi connectivity index (χ2v) is 5.78. The summed E-state index contributed by atoms with van der Waals surface area (Å²) in [4.78, 5) is 0.297. The molecule has 0 aliphatic rings. The van der Waals surface area contributed by atoms with Gasteiger partial charge in [-0.2, -0.15) is 0 Å². The summed E-state index contributed by atoms with van der Waals surface area (Å²) in [6.07, 6.45) is 3.30. The zero-order valence-corrected chi connectivity index (χ0v) is 11.1. The molecular formula is C13H19NO2S. The molecule has 0 aliphatic heterocycles. The summed E-state index contributed by atoms with van der Waals surface area (Å²) >= 11 is 0. The zero-order valence-electron chi connectivity index (χ0n) is 10.3. The van der Waals surface area contributed by atoms with Crippen molar-refractivity contribution in [3.63, 3.8) is 0 Å². The highest BCUT2D eigenvalue weighted by molar-refractivity contribution is 7.89. The average molecular weight is 253 g/mol. The van der Waals surface area contributed by atoms with Crippen LogP contribution in [0.2, 0.25) is 0 Å². The first kappa shape index (κ1) is 13.9. The van der Waals surface area contributed by atoms with Gasteiger partial charge in [0, 0.05) is 6.04 Å². The molecule has 0 heterocycles. The maximum Gasteiger partial charge on any atom is 0.241 e. The van der Waals surface area contributed by atoms with Crippen LogP contribution in [0.4, 0.5) is 0 Å². The first-order valence-electron chi connectivity index (χ1n) is 5.71. The van der Waals surface area contributed by atoms with E-state index >= 15 is 0 Å². The van der Waals surface area contributed by atoms with Crippen molar-refractivity contribution >= 4 is 10.0 Å². The Labute approximate surface area is 104 Å². The predicted octanol–water partition coefficient (Wildman–Crippen LogP) is 2.63. The van der Waals surface area contributed by atoms with Crippen LogP contribution in [0.15, 0.2) is 41.8 Å². The third-order valence-corrected chi connectivity index (χ3v) is 4.03. The van der Waals surface area contributed by atoms with E-state index < -0.39 is 10.0 Å². The highest BCUT2D eigenvalue weighted by atomic mass is 32.2. The van der Waals surface area contributed by atoms with Crippen LogP contribution in [-0.2, 0) is 10.0 Å². The molecule has 0 aliphatic carbocycles. The molecule has 1 rings (SSSR count). The van der Waals surface area contributed by atoms with E-state index in [1.54, 1.807) is 30.3 Å². The molecule has 0 unspecified atom stereocenters. The van der Waals surface area contributed by atoms with E-state index in [1.165, 1.54) is 0 Å². The normalized spacial score (nSPS) is 13.3. The van der Waals surface area contributed by atoms with Crippen LogP contribution in [0.5, 0.6) is 0 Å². The molecule has 0 spiro atoms. The van der Waals surface area contributed by atoms with Crippen molar-refractivity contribution in [3.8, 4) is 0 Å². The molecule has 17 heavy (non-hydrogen) atoms. The fourth-order valence-electron chi connectivity index (χ4n) is 1.52. The lowest BCUT2D eigenvalue weighted by Gasteiger charge is -2.14. The molecular weight excluding hydrogens is 234 g/mol. The van der Waals surface area contributed by atoms with Crippen LogP contribution in [0.25, 0.3) is 0 Å². The first-order valence-corrected chi connectivity index (χ1v) is 7.19. The monoisotopic (exact) mass is 253 g/mol. The molecule has 0 saturated carbocycles. The molecule has 1 N–H and O–H groups in total. The molecule has 0 aromatic heterocycles. The second-order valence-electron chi connectivity index (χ2n) is 4.07. The van der Waals surface area contributed by atoms with Crippen molar-refractivity contribution in [2.24, 2.45) is 0 Å². The van der Waals surface area contributed by atoms with E-state index in [0.29, 0.717) is 4.90 Å². The van der Waals surface area contributed by atoms with E-state index in [0.717, 1.165) is 18.4 Å². The topological polar surface area (TPSA) is 46.2 Å². The quantitative estimate of drug-likeness (QED) is 0.792. The van der Waals surface area contributed by atoms with Gasteiger partial charge in [-0.25, -0.2) is 13.1 Å². The van der Waals surface area contributed by atoms with Gasteiger partial charge in [0.05, 0.1) is 4.90 Å². The van der Waals surface area contributed by atoms with Crippen molar-refractivity contribution in [1.82, 2.24) is 4.72 Å². The molecule has 0 bridgehead atoms. The number of nitrogens with one attached hydrogen (secondary N) is 1. The molecule has 3 nitrogen and oxygen atoms in total. The average Bonchev–Trinajstić information content (AvgIpc) is 2.28. The van der Waals surface area contributed by atoms with Crippen molar-refractivity contribution in [2.45, 2.75) is 37.6 Å². The minimum Gasteiger partial charge on any atom is -0.207 e. The Morgan fingerprint density at radius 2 is 1.94 bits per heavy atom. The van der Waals surface area contributed by atoms with Gasteiger partial charge in [0.2, 0.25) is 10.0 Å². The van der Waals surface area contributed by atoms with Crippen LogP contribution in [-0.4, -0.2) is 14.5 Å². The standard InChI is InChI=1S/C13H19NO2S/c1-4-6-12(5-2)14-17(15,16)13-9-7-11(3)8-10-13/h5,7-10,12,14H,2,4,6H2,1,3H3/t12-/m0/s1. The molecule has 0 radical (unpaired) electrons. The Hall–Kier alpha value is -1.13. The van der Waals surface area contributed by atoms with E-state index in [2.05, 4.69) is 11.3 Å². The molecule has 1 aromatic carbocycles. The lowest BCUT2D eigenvalue weighted by atomic mass is 10.2. The van der Waals surface area contributed by atoms with Gasteiger partial charge in [0.25, 0.3) is 0 Å². The van der Waals surface area contributed by atoms with E-state index in [4.69, 9.17) is 0 Å². The largest absolute Gasteiger partial charge is 0.241 e. The molecule has 4 heteroatoms. The fraction of sp³-hybridized carbons (Fsp3) is 0.385. The molecule has 1 atom stereocenters. The number of sulfonamides is 1. The second kappa shape index (κ2) is 5.98. The smallest absolute Gasteiger partial charge is 0.207 e.